The fraction of sp³-hybridized carbons (Fsp3) is 0.444. The number of carbonyl (C=O) groups excluding carboxylic acids is 2. The van der Waals surface area contributed by atoms with Crippen LogP contribution < -0.4 is 0 Å². The number of rotatable bonds is 0. The second-order valence-corrected chi connectivity index (χ2v) is 6.75. The number of phenols is 2. The Morgan fingerprint density at radius 3 is 2.72 bits per heavy atom. The molecule has 0 aromatic heterocycles. The van der Waals surface area contributed by atoms with Crippen LogP contribution in [0.4, 0.5) is 0 Å². The lowest BCUT2D eigenvalue weighted by Gasteiger charge is -2.16. The molecule has 0 amide bonds. The number of benzene rings is 1. The van der Waals surface area contributed by atoms with Gasteiger partial charge in [0, 0.05) is 24.5 Å². The second kappa shape index (κ2) is 7.06. The molecule has 7 heteroatoms. The third-order valence-corrected chi connectivity index (χ3v) is 4.78. The molecule has 1 fully saturated rings. The normalized spacial score (nSPS) is 28.3. The number of hydrogen-bond acceptors (Lipinski definition) is 6. The molecular weight excluding hydrogens is 348 g/mol. The van der Waals surface area contributed by atoms with Gasteiger partial charge < -0.3 is 19.7 Å². The standard InChI is InChI=1S/C18H19ClO6/c1-9-6-15-14(25-15)5-3-2-4-10(20)7-11-16(18(23)24-9)12(21)8-13(22)17(11)19/h2,4,8-9,14-15,21-22H,3,5-7H2,1H3/b4-2+. The van der Waals surface area contributed by atoms with Gasteiger partial charge in [-0.3, -0.25) is 4.79 Å². The first-order valence-corrected chi connectivity index (χ1v) is 8.53. The van der Waals surface area contributed by atoms with Gasteiger partial charge in [0.2, 0.25) is 0 Å². The molecule has 3 atom stereocenters. The van der Waals surface area contributed by atoms with E-state index in [0.717, 1.165) is 12.5 Å². The third kappa shape index (κ3) is 3.96. The molecule has 3 rings (SSSR count). The Balaban J connectivity index is 1.98. The minimum absolute atomic E-state index is 0.0336. The van der Waals surface area contributed by atoms with Crippen molar-refractivity contribution in [2.24, 2.45) is 0 Å². The number of fused-ring (bicyclic) bond motifs is 2. The lowest BCUT2D eigenvalue weighted by atomic mass is 9.99. The van der Waals surface area contributed by atoms with E-state index in [1.165, 1.54) is 6.08 Å². The maximum absolute atomic E-state index is 12.5. The summed E-state index contributed by atoms with van der Waals surface area (Å²) in [6.45, 7) is 1.74. The predicted octanol–water partition coefficient (Wildman–Crippen LogP) is 2.92. The Bertz CT molecular complexity index is 742. The van der Waals surface area contributed by atoms with Crippen molar-refractivity contribution in [1.82, 2.24) is 0 Å². The molecule has 25 heavy (non-hydrogen) atoms. The van der Waals surface area contributed by atoms with Gasteiger partial charge in [0.05, 0.1) is 17.2 Å². The predicted molar refractivity (Wildman–Crippen MR) is 90.0 cm³/mol. The first-order chi connectivity index (χ1) is 11.9. The summed E-state index contributed by atoms with van der Waals surface area (Å²) in [6, 6.07) is 0.969. The molecule has 0 bridgehead atoms. The molecule has 0 spiro atoms. The maximum Gasteiger partial charge on any atom is 0.342 e. The summed E-state index contributed by atoms with van der Waals surface area (Å²) in [5.41, 5.74) is -0.134. The summed E-state index contributed by atoms with van der Waals surface area (Å²) in [5, 5.41) is 19.8. The molecule has 6 nitrogen and oxygen atoms in total. The Labute approximate surface area is 150 Å². The summed E-state index contributed by atoms with van der Waals surface area (Å²) >= 11 is 6.07. The maximum atomic E-state index is 12.5. The fourth-order valence-electron chi connectivity index (χ4n) is 3.04. The molecule has 0 saturated carbocycles. The average molecular weight is 367 g/mol. The number of esters is 1. The van der Waals surface area contributed by atoms with Gasteiger partial charge in [-0.2, -0.15) is 0 Å². The molecular formula is C18H19ClO6. The number of ketones is 1. The number of carbonyl (C=O) groups is 2. The average Bonchev–Trinajstić information content (AvgIpc) is 3.25. The fourth-order valence-corrected chi connectivity index (χ4v) is 3.26. The molecule has 3 unspecified atom stereocenters. The van der Waals surface area contributed by atoms with E-state index in [0.29, 0.717) is 12.8 Å². The highest BCUT2D eigenvalue weighted by Gasteiger charge is 2.39. The van der Waals surface area contributed by atoms with Gasteiger partial charge in [0.25, 0.3) is 0 Å². The van der Waals surface area contributed by atoms with E-state index in [1.807, 2.05) is 0 Å². The largest absolute Gasteiger partial charge is 0.507 e. The van der Waals surface area contributed by atoms with Crippen LogP contribution in [0.5, 0.6) is 11.5 Å². The summed E-state index contributed by atoms with van der Waals surface area (Å²) in [4.78, 5) is 24.7. The van der Waals surface area contributed by atoms with Crippen molar-refractivity contribution in [3.63, 3.8) is 0 Å². The van der Waals surface area contributed by atoms with E-state index in [1.54, 1.807) is 13.0 Å². The number of halogens is 1. The molecule has 1 aromatic rings. The van der Waals surface area contributed by atoms with Crippen molar-refractivity contribution in [1.29, 1.82) is 0 Å². The van der Waals surface area contributed by atoms with Crippen LogP contribution in [-0.2, 0) is 20.7 Å². The van der Waals surface area contributed by atoms with Crippen molar-refractivity contribution in [3.05, 3.63) is 34.4 Å². The SMILES string of the molecule is CC1CC2OC2CC/C=C/C(=O)Cc2c(Cl)c(O)cc(O)c2C(=O)O1. The zero-order valence-corrected chi connectivity index (χ0v) is 14.5. The topological polar surface area (TPSA) is 96.4 Å². The van der Waals surface area contributed by atoms with Crippen LogP contribution in [-0.4, -0.2) is 40.3 Å². The second-order valence-electron chi connectivity index (χ2n) is 6.37. The van der Waals surface area contributed by atoms with Crippen molar-refractivity contribution < 1.29 is 29.3 Å². The van der Waals surface area contributed by atoms with Crippen molar-refractivity contribution in [2.75, 3.05) is 0 Å². The minimum Gasteiger partial charge on any atom is -0.507 e. The smallest absolute Gasteiger partial charge is 0.342 e. The molecule has 1 aromatic carbocycles. The summed E-state index contributed by atoms with van der Waals surface area (Å²) in [7, 11) is 0. The Hall–Kier alpha value is -2.05. The Morgan fingerprint density at radius 2 is 1.96 bits per heavy atom. The number of aromatic hydroxyl groups is 2. The van der Waals surface area contributed by atoms with Crippen LogP contribution in [0.15, 0.2) is 18.2 Å². The van der Waals surface area contributed by atoms with Crippen molar-refractivity contribution >= 4 is 23.4 Å². The first-order valence-electron chi connectivity index (χ1n) is 8.16. The van der Waals surface area contributed by atoms with Crippen LogP contribution in [0, 0.1) is 0 Å². The first kappa shape index (κ1) is 17.8. The quantitative estimate of drug-likeness (QED) is 0.541. The monoisotopic (exact) mass is 366 g/mol. The van der Waals surface area contributed by atoms with Crippen LogP contribution >= 0.6 is 11.6 Å². The zero-order valence-electron chi connectivity index (χ0n) is 13.7. The molecule has 2 aliphatic rings. The van der Waals surface area contributed by atoms with E-state index in [4.69, 9.17) is 21.1 Å². The highest BCUT2D eigenvalue weighted by Crippen LogP contribution is 2.38. The van der Waals surface area contributed by atoms with Crippen molar-refractivity contribution in [3.8, 4) is 11.5 Å². The van der Waals surface area contributed by atoms with Crippen LogP contribution in [0.1, 0.15) is 42.1 Å². The number of ether oxygens (including phenoxy) is 2. The van der Waals surface area contributed by atoms with Gasteiger partial charge in [-0.25, -0.2) is 4.79 Å². The van der Waals surface area contributed by atoms with Gasteiger partial charge >= 0.3 is 5.97 Å². The van der Waals surface area contributed by atoms with E-state index >= 15 is 0 Å². The van der Waals surface area contributed by atoms with Gasteiger partial charge in [-0.1, -0.05) is 17.7 Å². The molecule has 1 saturated heterocycles. The summed E-state index contributed by atoms with van der Waals surface area (Å²) in [5.74, 6) is -1.95. The molecule has 2 aliphatic heterocycles. The summed E-state index contributed by atoms with van der Waals surface area (Å²) < 4.78 is 10.9. The molecule has 2 N–H and O–H groups in total. The minimum atomic E-state index is -0.784. The zero-order chi connectivity index (χ0) is 18.1. The van der Waals surface area contributed by atoms with E-state index in [2.05, 4.69) is 0 Å². The van der Waals surface area contributed by atoms with Gasteiger partial charge in [0.15, 0.2) is 5.78 Å². The lowest BCUT2D eigenvalue weighted by molar-refractivity contribution is -0.114. The number of epoxide rings is 1. The van der Waals surface area contributed by atoms with E-state index in [-0.39, 0.29) is 40.6 Å². The lowest BCUT2D eigenvalue weighted by Crippen LogP contribution is -2.20. The highest BCUT2D eigenvalue weighted by atomic mass is 35.5. The molecule has 134 valence electrons. The van der Waals surface area contributed by atoms with Crippen LogP contribution in [0.3, 0.4) is 0 Å². The number of phenolic OH excluding ortho intramolecular Hbond substituents is 2. The number of allylic oxidation sites excluding steroid dienone is 2. The highest BCUT2D eigenvalue weighted by molar-refractivity contribution is 6.33. The third-order valence-electron chi connectivity index (χ3n) is 4.36. The van der Waals surface area contributed by atoms with Gasteiger partial charge in [-0.15, -0.1) is 0 Å². The Morgan fingerprint density at radius 1 is 1.20 bits per heavy atom. The van der Waals surface area contributed by atoms with Crippen LogP contribution in [0.2, 0.25) is 5.02 Å². The number of cyclic esters (lactones) is 1. The summed E-state index contributed by atoms with van der Waals surface area (Å²) in [6.07, 6.45) is 4.74. The molecule has 0 radical (unpaired) electrons. The Kier molecular flexibility index (Phi) is 5.01. The van der Waals surface area contributed by atoms with Gasteiger partial charge in [-0.05, 0) is 25.8 Å². The van der Waals surface area contributed by atoms with Gasteiger partial charge in [0.1, 0.15) is 23.2 Å². The molecule has 2 heterocycles. The van der Waals surface area contributed by atoms with E-state index < -0.39 is 23.6 Å². The molecule has 0 aliphatic carbocycles. The van der Waals surface area contributed by atoms with Crippen molar-refractivity contribution in [2.45, 2.75) is 50.9 Å². The number of hydrogen-bond donors (Lipinski definition) is 2. The van der Waals surface area contributed by atoms with Crippen LogP contribution in [0.25, 0.3) is 0 Å². The van der Waals surface area contributed by atoms with E-state index in [9.17, 15) is 19.8 Å².